The lowest BCUT2D eigenvalue weighted by Crippen LogP contribution is -2.46. The Kier molecular flexibility index (Phi) is 5.96. The Bertz CT molecular complexity index is 506. The SMILES string of the molecule is C[C@H](NC(=O)N(C)Cc1ccc([S@](C)=O)cc1)C(C)(C)C. The summed E-state index contributed by atoms with van der Waals surface area (Å²) < 4.78 is 11.3. The molecule has 0 unspecified atom stereocenters. The van der Waals surface area contributed by atoms with Crippen LogP contribution in [-0.2, 0) is 17.3 Å². The average Bonchev–Trinajstić information content (AvgIpc) is 2.37. The van der Waals surface area contributed by atoms with Crippen molar-refractivity contribution in [3.63, 3.8) is 0 Å². The number of carbonyl (C=O) groups excluding carboxylic acids is 1. The molecule has 1 rings (SSSR count). The number of hydrogen-bond donors (Lipinski definition) is 1. The van der Waals surface area contributed by atoms with E-state index in [1.54, 1.807) is 18.2 Å². The van der Waals surface area contributed by atoms with E-state index in [0.717, 1.165) is 10.5 Å². The number of nitrogens with one attached hydrogen (secondary N) is 1. The zero-order valence-electron chi connectivity index (χ0n) is 13.8. The van der Waals surface area contributed by atoms with Crippen molar-refractivity contribution in [2.45, 2.75) is 45.2 Å². The first-order chi connectivity index (χ1) is 9.61. The Morgan fingerprint density at radius 3 is 2.24 bits per heavy atom. The summed E-state index contributed by atoms with van der Waals surface area (Å²) in [6, 6.07) is 7.52. The second-order valence-corrected chi connectivity index (χ2v) is 7.87. The number of nitrogens with zero attached hydrogens (tertiary/aromatic N) is 1. The van der Waals surface area contributed by atoms with Crippen LogP contribution in [0.5, 0.6) is 0 Å². The van der Waals surface area contributed by atoms with E-state index >= 15 is 0 Å². The highest BCUT2D eigenvalue weighted by atomic mass is 32.2. The summed E-state index contributed by atoms with van der Waals surface area (Å²) in [5.41, 5.74) is 1.05. The predicted molar refractivity (Wildman–Crippen MR) is 87.7 cm³/mol. The van der Waals surface area contributed by atoms with Gasteiger partial charge in [0.2, 0.25) is 0 Å². The number of carbonyl (C=O) groups is 1. The molecule has 0 aliphatic heterocycles. The molecule has 2 amide bonds. The summed E-state index contributed by atoms with van der Waals surface area (Å²) in [4.78, 5) is 14.6. The first kappa shape index (κ1) is 17.7. The van der Waals surface area contributed by atoms with E-state index < -0.39 is 10.8 Å². The Morgan fingerprint density at radius 1 is 1.29 bits per heavy atom. The summed E-state index contributed by atoms with van der Waals surface area (Å²) in [5, 5.41) is 3.01. The van der Waals surface area contributed by atoms with Crippen molar-refractivity contribution in [2.24, 2.45) is 5.41 Å². The summed E-state index contributed by atoms with van der Waals surface area (Å²) >= 11 is 0. The van der Waals surface area contributed by atoms with Gasteiger partial charge in [-0.1, -0.05) is 32.9 Å². The Morgan fingerprint density at radius 2 is 1.81 bits per heavy atom. The third kappa shape index (κ3) is 5.50. The first-order valence-corrected chi connectivity index (χ1v) is 8.61. The minimum Gasteiger partial charge on any atom is -0.335 e. The molecule has 21 heavy (non-hydrogen) atoms. The number of amides is 2. The number of benzene rings is 1. The van der Waals surface area contributed by atoms with E-state index in [1.807, 2.05) is 31.2 Å². The fourth-order valence-electron chi connectivity index (χ4n) is 1.64. The molecule has 1 aromatic rings. The molecular formula is C16H26N2O2S. The molecule has 1 N–H and O–H groups in total. The Balaban J connectivity index is 2.62. The molecule has 0 bridgehead atoms. The van der Waals surface area contributed by atoms with E-state index in [2.05, 4.69) is 26.1 Å². The predicted octanol–water partition coefficient (Wildman–Crippen LogP) is 3.00. The van der Waals surface area contributed by atoms with E-state index in [4.69, 9.17) is 0 Å². The lowest BCUT2D eigenvalue weighted by molar-refractivity contribution is 0.190. The highest BCUT2D eigenvalue weighted by molar-refractivity contribution is 7.84. The van der Waals surface area contributed by atoms with E-state index in [9.17, 15) is 9.00 Å². The molecule has 0 spiro atoms. The van der Waals surface area contributed by atoms with Gasteiger partial charge in [0.25, 0.3) is 0 Å². The molecule has 1 aromatic carbocycles. The first-order valence-electron chi connectivity index (χ1n) is 7.05. The van der Waals surface area contributed by atoms with Gasteiger partial charge in [0.1, 0.15) is 0 Å². The molecule has 0 fully saturated rings. The summed E-state index contributed by atoms with van der Waals surface area (Å²) in [6.07, 6.45) is 1.66. The van der Waals surface area contributed by atoms with Crippen molar-refractivity contribution < 1.29 is 9.00 Å². The molecular weight excluding hydrogens is 284 g/mol. The van der Waals surface area contributed by atoms with Crippen LogP contribution in [0.4, 0.5) is 4.79 Å². The normalized spacial score (nSPS) is 14.4. The quantitative estimate of drug-likeness (QED) is 0.929. The van der Waals surface area contributed by atoms with Crippen LogP contribution in [0.25, 0.3) is 0 Å². The Labute approximate surface area is 130 Å². The maximum Gasteiger partial charge on any atom is 0.317 e. The molecule has 0 heterocycles. The molecule has 2 atom stereocenters. The summed E-state index contributed by atoms with van der Waals surface area (Å²) in [7, 11) is 0.805. The van der Waals surface area contributed by atoms with Crippen molar-refractivity contribution in [2.75, 3.05) is 13.3 Å². The number of urea groups is 1. The minimum absolute atomic E-state index is 0.0311. The topological polar surface area (TPSA) is 49.4 Å². The summed E-state index contributed by atoms with van der Waals surface area (Å²) in [6.45, 7) is 8.83. The zero-order chi connectivity index (χ0) is 16.2. The van der Waals surface area contributed by atoms with Gasteiger partial charge in [0.05, 0.1) is 0 Å². The van der Waals surface area contributed by atoms with Crippen LogP contribution in [-0.4, -0.2) is 34.5 Å². The van der Waals surface area contributed by atoms with Crippen molar-refractivity contribution in [3.05, 3.63) is 29.8 Å². The van der Waals surface area contributed by atoms with Gasteiger partial charge in [-0.3, -0.25) is 4.21 Å². The molecule has 0 radical (unpaired) electrons. The molecule has 5 heteroatoms. The molecule has 0 aromatic heterocycles. The largest absolute Gasteiger partial charge is 0.335 e. The molecule has 118 valence electrons. The summed E-state index contributed by atoms with van der Waals surface area (Å²) in [5.74, 6) is 0. The van der Waals surface area contributed by atoms with Gasteiger partial charge in [0, 0.05) is 41.6 Å². The monoisotopic (exact) mass is 310 g/mol. The molecule has 0 saturated carbocycles. The van der Waals surface area contributed by atoms with E-state index in [1.165, 1.54) is 0 Å². The molecule has 0 aliphatic rings. The third-order valence-corrected chi connectivity index (χ3v) is 4.60. The van der Waals surface area contributed by atoms with Gasteiger partial charge in [-0.05, 0) is 30.0 Å². The standard InChI is InChI=1S/C16H26N2O2S/c1-12(16(2,3)4)17-15(19)18(5)11-13-7-9-14(10-8-13)21(6)20/h7-10,12H,11H2,1-6H3,(H,17,19)/t12-,21-/m0/s1. The Hall–Kier alpha value is -1.36. The van der Waals surface area contributed by atoms with Crippen molar-refractivity contribution in [3.8, 4) is 0 Å². The average molecular weight is 310 g/mol. The lowest BCUT2D eigenvalue weighted by atomic mass is 9.88. The highest BCUT2D eigenvalue weighted by Crippen LogP contribution is 2.18. The van der Waals surface area contributed by atoms with Crippen molar-refractivity contribution >= 4 is 16.8 Å². The van der Waals surface area contributed by atoms with Crippen molar-refractivity contribution in [1.29, 1.82) is 0 Å². The zero-order valence-corrected chi connectivity index (χ0v) is 14.6. The van der Waals surface area contributed by atoms with Crippen molar-refractivity contribution in [1.82, 2.24) is 10.2 Å². The van der Waals surface area contributed by atoms with Crippen LogP contribution < -0.4 is 5.32 Å². The fraction of sp³-hybridized carbons (Fsp3) is 0.562. The van der Waals surface area contributed by atoms with Crippen LogP contribution in [0.15, 0.2) is 29.2 Å². The van der Waals surface area contributed by atoms with Crippen LogP contribution in [0.3, 0.4) is 0 Å². The second kappa shape index (κ2) is 7.07. The molecule has 0 aliphatic carbocycles. The lowest BCUT2D eigenvalue weighted by Gasteiger charge is -2.30. The number of rotatable bonds is 4. The van der Waals surface area contributed by atoms with Gasteiger partial charge in [-0.25, -0.2) is 4.79 Å². The van der Waals surface area contributed by atoms with Crippen LogP contribution in [0.1, 0.15) is 33.3 Å². The van der Waals surface area contributed by atoms with Crippen LogP contribution in [0.2, 0.25) is 0 Å². The van der Waals surface area contributed by atoms with Crippen LogP contribution >= 0.6 is 0 Å². The highest BCUT2D eigenvalue weighted by Gasteiger charge is 2.22. The van der Waals surface area contributed by atoms with Gasteiger partial charge in [-0.15, -0.1) is 0 Å². The van der Waals surface area contributed by atoms with Crippen LogP contribution in [0, 0.1) is 5.41 Å². The van der Waals surface area contributed by atoms with Gasteiger partial charge >= 0.3 is 6.03 Å². The van der Waals surface area contributed by atoms with E-state index in [-0.39, 0.29) is 17.5 Å². The number of hydrogen-bond acceptors (Lipinski definition) is 2. The van der Waals surface area contributed by atoms with Gasteiger partial charge in [-0.2, -0.15) is 0 Å². The maximum absolute atomic E-state index is 12.1. The molecule has 4 nitrogen and oxygen atoms in total. The maximum atomic E-state index is 12.1. The third-order valence-electron chi connectivity index (χ3n) is 3.66. The molecule has 0 saturated heterocycles. The van der Waals surface area contributed by atoms with E-state index in [0.29, 0.717) is 6.54 Å². The second-order valence-electron chi connectivity index (χ2n) is 6.49. The van der Waals surface area contributed by atoms with Gasteiger partial charge in [0.15, 0.2) is 0 Å². The fourth-order valence-corrected chi connectivity index (χ4v) is 2.16. The minimum atomic E-state index is -0.969. The van der Waals surface area contributed by atoms with Gasteiger partial charge < -0.3 is 10.2 Å². The smallest absolute Gasteiger partial charge is 0.317 e.